The van der Waals surface area contributed by atoms with E-state index in [9.17, 15) is 0 Å². The molecule has 0 spiro atoms. The van der Waals surface area contributed by atoms with Gasteiger partial charge in [-0.05, 0) is 75.9 Å². The number of anilines is 2. The third kappa shape index (κ3) is 8.54. The van der Waals surface area contributed by atoms with Gasteiger partial charge in [0.25, 0.3) is 0 Å². The monoisotopic (exact) mass is 650 g/mol. The Hall–Kier alpha value is -0.947. The number of hydrogen-bond acceptors (Lipinski definition) is 2. The number of halogens is 3. The molecule has 0 aliphatic carbocycles. The summed E-state index contributed by atoms with van der Waals surface area (Å²) in [7, 11) is 7.70. The van der Waals surface area contributed by atoms with E-state index in [1.807, 2.05) is 17.6 Å². The van der Waals surface area contributed by atoms with E-state index in [1.54, 1.807) is 12.1 Å². The zero-order valence-corrected chi connectivity index (χ0v) is 27.2. The van der Waals surface area contributed by atoms with Gasteiger partial charge in [0.15, 0.2) is 0 Å². The number of rotatable bonds is 2. The van der Waals surface area contributed by atoms with E-state index in [2.05, 4.69) is 91.5 Å². The van der Waals surface area contributed by atoms with Crippen molar-refractivity contribution in [3.8, 4) is 0 Å². The molecule has 1 saturated heterocycles. The third-order valence-corrected chi connectivity index (χ3v) is 8.72. The molecule has 0 N–H and O–H groups in total. The third-order valence-electron chi connectivity index (χ3n) is 5.78. The van der Waals surface area contributed by atoms with Crippen LogP contribution < -0.4 is 15.1 Å². The molecule has 1 heterocycles. The second-order valence-electron chi connectivity index (χ2n) is 8.91. The summed E-state index contributed by atoms with van der Waals surface area (Å²) in [6.45, 7) is 19.5. The molecule has 0 radical (unpaired) electrons. The normalized spacial score (nSPS) is 13.1. The fourth-order valence-electron chi connectivity index (χ4n) is 4.60. The summed E-state index contributed by atoms with van der Waals surface area (Å²) in [5.74, 6) is 0. The summed E-state index contributed by atoms with van der Waals surface area (Å²) < 4.78 is 1.98. The predicted molar refractivity (Wildman–Crippen MR) is 164 cm³/mol. The van der Waals surface area contributed by atoms with Gasteiger partial charge in [0.1, 0.15) is 0 Å². The summed E-state index contributed by atoms with van der Waals surface area (Å²) in [6.07, 6.45) is 0. The average molecular weight is 651 g/mol. The molecule has 0 aromatic heterocycles. The van der Waals surface area contributed by atoms with E-state index in [0.29, 0.717) is 10.0 Å². The number of benzene rings is 3. The maximum atomic E-state index is 5.71. The predicted octanol–water partition coefficient (Wildman–Crippen LogP) is 8.52. The molecule has 1 aliphatic heterocycles. The van der Waals surface area contributed by atoms with Crippen molar-refractivity contribution in [3.05, 3.63) is 92.6 Å². The SMILES string of the molecule is C[CH]=[Ru][Cl].Cc1cc(C)c(N2[CH-]N(c3c(C)cc(C)cc3C)CC2)c(C)c1.Pc1c(Cl)cccc1Cl. The van der Waals surface area contributed by atoms with Crippen LogP contribution in [0, 0.1) is 48.2 Å². The van der Waals surface area contributed by atoms with Crippen LogP contribution in [0.3, 0.4) is 0 Å². The number of hydrogen-bond donors (Lipinski definition) is 0. The van der Waals surface area contributed by atoms with Crippen molar-refractivity contribution in [2.45, 2.75) is 48.5 Å². The molecule has 3 aromatic rings. The van der Waals surface area contributed by atoms with Gasteiger partial charge in [-0.15, -0.1) is 9.24 Å². The van der Waals surface area contributed by atoms with E-state index >= 15 is 0 Å². The summed E-state index contributed by atoms with van der Waals surface area (Å²) >= 11 is 11.5. The van der Waals surface area contributed by atoms with Crippen LogP contribution in [0.25, 0.3) is 0 Å². The van der Waals surface area contributed by atoms with Gasteiger partial charge in [-0.1, -0.05) is 64.7 Å². The van der Waals surface area contributed by atoms with Crippen LogP contribution in [-0.2, 0) is 15.7 Å². The first-order valence-corrected chi connectivity index (χ1v) is 16.3. The van der Waals surface area contributed by atoms with Gasteiger partial charge in [0.2, 0.25) is 0 Å². The molecule has 0 amide bonds. The smallest absolute Gasteiger partial charge is 0.0492 e. The summed E-state index contributed by atoms with van der Waals surface area (Å²) in [5.41, 5.74) is 10.8. The average Bonchev–Trinajstić information content (AvgIpc) is 3.25. The Morgan fingerprint density at radius 1 is 0.778 bits per heavy atom. The molecule has 3 aromatic carbocycles. The second-order valence-corrected chi connectivity index (χ2v) is 12.6. The summed E-state index contributed by atoms with van der Waals surface area (Å²) in [5, 5.41) is 2.24. The van der Waals surface area contributed by atoms with E-state index in [-0.39, 0.29) is 15.7 Å². The summed E-state index contributed by atoms with van der Waals surface area (Å²) in [6, 6.07) is 14.5. The molecule has 7 heteroatoms. The Bertz CT molecular complexity index is 1080. The minimum absolute atomic E-state index is 0.0867. The Balaban J connectivity index is 0.000000290. The number of aryl methyl sites for hydroxylation is 6. The standard InChI is InChI=1S/C21H27N2.C6H5Cl2P.C2H4.ClH.Ru/c1-14-9-16(3)20(17(4)10-14)22-7-8-23(13-22)21-18(5)11-15(2)12-19(21)6;7-4-2-1-3-5(8)6(4)9;1-2;;/h9-13H,7-8H2,1-6H3;1-3H,9H2;1H,2H3;1H;/q-1;;;;+1/p-1. The zero-order chi connectivity index (χ0) is 27.0. The molecule has 2 nitrogen and oxygen atoms in total. The first-order valence-electron chi connectivity index (χ1n) is 11.7. The van der Waals surface area contributed by atoms with Crippen LogP contribution in [0.5, 0.6) is 0 Å². The van der Waals surface area contributed by atoms with Crippen molar-refractivity contribution in [1.82, 2.24) is 0 Å². The Morgan fingerprint density at radius 3 is 1.39 bits per heavy atom. The van der Waals surface area contributed by atoms with Crippen molar-refractivity contribution in [1.29, 1.82) is 0 Å². The van der Waals surface area contributed by atoms with E-state index in [0.717, 1.165) is 18.4 Å². The first-order chi connectivity index (χ1) is 17.0. The number of nitrogens with zero attached hydrogens (tertiary/aromatic N) is 2. The molecule has 1 fully saturated rings. The fourth-order valence-corrected chi connectivity index (χ4v) is 5.19. The van der Waals surface area contributed by atoms with Crippen molar-refractivity contribution in [2.24, 2.45) is 0 Å². The topological polar surface area (TPSA) is 6.48 Å². The molecule has 4 rings (SSSR count). The molecule has 1 atom stereocenters. The molecule has 0 saturated carbocycles. The van der Waals surface area contributed by atoms with Gasteiger partial charge in [-0.3, -0.25) is 0 Å². The molecular weight excluding hydrogens is 615 g/mol. The van der Waals surface area contributed by atoms with Crippen molar-refractivity contribution in [3.63, 3.8) is 0 Å². The fraction of sp³-hybridized carbons (Fsp3) is 0.310. The maximum Gasteiger partial charge on any atom is 0.0492 e. The maximum absolute atomic E-state index is 5.71. The van der Waals surface area contributed by atoms with Crippen LogP contribution >= 0.6 is 42.1 Å². The Labute approximate surface area is 241 Å². The first kappa shape index (κ1) is 31.3. The Morgan fingerprint density at radius 2 is 1.11 bits per heavy atom. The molecule has 36 heavy (non-hydrogen) atoms. The Kier molecular flexibility index (Phi) is 12.9. The molecular formula is C29H36Cl3N2PRu-. The van der Waals surface area contributed by atoms with Gasteiger partial charge >= 0.3 is 36.9 Å². The van der Waals surface area contributed by atoms with Crippen molar-refractivity contribution in [2.75, 3.05) is 22.9 Å². The zero-order valence-electron chi connectivity index (χ0n) is 22.1. The van der Waals surface area contributed by atoms with Crippen LogP contribution in [0.1, 0.15) is 40.3 Å². The van der Waals surface area contributed by atoms with Crippen LogP contribution in [-0.4, -0.2) is 17.7 Å². The minimum Gasteiger partial charge on any atom is -0.502 e. The van der Waals surface area contributed by atoms with Crippen molar-refractivity contribution >= 4 is 63.4 Å². The van der Waals surface area contributed by atoms with Gasteiger partial charge in [0.05, 0.1) is 0 Å². The van der Waals surface area contributed by atoms with E-state index < -0.39 is 0 Å². The second kappa shape index (κ2) is 14.8. The quantitative estimate of drug-likeness (QED) is 0.156. The van der Waals surface area contributed by atoms with Gasteiger partial charge < -0.3 is 9.80 Å². The van der Waals surface area contributed by atoms with E-state index in [4.69, 9.17) is 32.9 Å². The molecule has 0 bridgehead atoms. The van der Waals surface area contributed by atoms with Crippen LogP contribution in [0.4, 0.5) is 11.4 Å². The molecule has 1 unspecified atom stereocenters. The van der Waals surface area contributed by atoms with Gasteiger partial charge in [-0.2, -0.15) is 6.67 Å². The molecule has 197 valence electrons. The van der Waals surface area contributed by atoms with Crippen LogP contribution in [0.2, 0.25) is 10.0 Å². The summed E-state index contributed by atoms with van der Waals surface area (Å²) in [4.78, 5) is 4.81. The molecule has 1 aliphatic rings. The largest absolute Gasteiger partial charge is 0.502 e. The van der Waals surface area contributed by atoms with E-state index in [1.165, 1.54) is 44.8 Å². The van der Waals surface area contributed by atoms with Crippen LogP contribution in [0.15, 0.2) is 42.5 Å². The van der Waals surface area contributed by atoms with Gasteiger partial charge in [0, 0.05) is 39.8 Å². The van der Waals surface area contributed by atoms with Gasteiger partial charge in [-0.25, -0.2) is 0 Å². The van der Waals surface area contributed by atoms with Crippen molar-refractivity contribution < 1.29 is 15.7 Å². The minimum atomic E-state index is 0.0867.